The van der Waals surface area contributed by atoms with Crippen molar-refractivity contribution < 1.29 is 13.9 Å². The lowest BCUT2D eigenvalue weighted by Crippen LogP contribution is -2.51. The summed E-state index contributed by atoms with van der Waals surface area (Å²) >= 11 is 0. The molecule has 0 spiro atoms. The van der Waals surface area contributed by atoms with Crippen LogP contribution < -0.4 is 15.0 Å². The number of hydrogen-bond donors (Lipinski definition) is 2. The molecule has 4 aliphatic rings. The third-order valence-electron chi connectivity index (χ3n) is 10.2. The summed E-state index contributed by atoms with van der Waals surface area (Å²) in [5.74, 6) is 0.453. The molecule has 4 saturated heterocycles. The first-order chi connectivity index (χ1) is 20.6. The predicted octanol–water partition coefficient (Wildman–Crippen LogP) is 5.05. The number of rotatable bonds is 8. The Morgan fingerprint density at radius 3 is 2.62 bits per heavy atom. The second-order valence-corrected chi connectivity index (χ2v) is 12.7. The van der Waals surface area contributed by atoms with Crippen molar-refractivity contribution in [2.75, 3.05) is 51.4 Å². The highest BCUT2D eigenvalue weighted by atomic mass is 19.1. The van der Waals surface area contributed by atoms with E-state index in [2.05, 4.69) is 26.2 Å². The molecule has 4 aliphatic heterocycles. The van der Waals surface area contributed by atoms with Crippen LogP contribution in [0.5, 0.6) is 6.01 Å². The first-order valence-electron chi connectivity index (χ1n) is 15.6. The van der Waals surface area contributed by atoms with Crippen LogP contribution in [0.4, 0.5) is 10.2 Å². The van der Waals surface area contributed by atoms with Crippen LogP contribution in [0.3, 0.4) is 0 Å². The number of nitrogens with one attached hydrogen (secondary N) is 2. The molecule has 4 aromatic rings. The van der Waals surface area contributed by atoms with E-state index in [0.717, 1.165) is 91.5 Å². The van der Waals surface area contributed by atoms with E-state index in [0.29, 0.717) is 36.4 Å². The Hall–Kier alpha value is -3.27. The van der Waals surface area contributed by atoms with Gasteiger partial charge in [0.1, 0.15) is 17.9 Å². The van der Waals surface area contributed by atoms with Crippen LogP contribution in [0.15, 0.2) is 36.5 Å². The summed E-state index contributed by atoms with van der Waals surface area (Å²) in [5.41, 5.74) is 3.88. The molecule has 0 amide bonds. The first-order valence-corrected chi connectivity index (χ1v) is 15.6. The molecule has 0 radical (unpaired) electrons. The molecule has 0 saturated carbocycles. The van der Waals surface area contributed by atoms with E-state index in [1.165, 1.54) is 12.8 Å². The Morgan fingerprint density at radius 1 is 1.02 bits per heavy atom. The fourth-order valence-electron chi connectivity index (χ4n) is 8.16. The Kier molecular flexibility index (Phi) is 6.57. The van der Waals surface area contributed by atoms with Crippen molar-refractivity contribution >= 4 is 27.6 Å². The number of benzene rings is 2. The van der Waals surface area contributed by atoms with Crippen molar-refractivity contribution in [1.82, 2.24) is 25.2 Å². The van der Waals surface area contributed by atoms with Gasteiger partial charge in [0.15, 0.2) is 5.82 Å². The molecular formula is C33H39FN6O2. The van der Waals surface area contributed by atoms with Gasteiger partial charge >= 0.3 is 6.01 Å². The van der Waals surface area contributed by atoms with E-state index in [-0.39, 0.29) is 17.4 Å². The van der Waals surface area contributed by atoms with Crippen LogP contribution in [-0.4, -0.2) is 84.0 Å². The lowest BCUT2D eigenvalue weighted by molar-refractivity contribution is 0.108. The average Bonchev–Trinajstić information content (AvgIpc) is 3.78. The molecule has 4 fully saturated rings. The van der Waals surface area contributed by atoms with Gasteiger partial charge in [-0.15, -0.1) is 0 Å². The largest absolute Gasteiger partial charge is 0.461 e. The standard InChI is InChI=1S/C33H39FN6O2/c1-41-16-11-21-5-2-6-27-28(21)26(17-35-27)24-9-10-25-30(29(24)34)37-32(42-20-33-12-3-14-40(33)15-4-13-33)38-31(25)39-18-22-7-8-23(19-39)36-22/h2,5-6,9-10,17,22-23,35-36H,3-4,7-8,11-16,18-20H2,1H3/t22-,23+. The second-order valence-electron chi connectivity index (χ2n) is 12.7. The number of aromatic amines is 1. The molecule has 6 heterocycles. The van der Waals surface area contributed by atoms with E-state index in [1.54, 1.807) is 7.11 Å². The summed E-state index contributed by atoms with van der Waals surface area (Å²) < 4.78 is 28.6. The molecular weight excluding hydrogens is 531 g/mol. The SMILES string of the molecule is COCCc1cccc2[nH]cc(-c3ccc4c(N5C[C@H]6CC[C@@H](C5)N6)nc(OCC56CCCN5CCC6)nc4c3F)c12. The zero-order chi connectivity index (χ0) is 28.3. The molecule has 2 atom stereocenters. The summed E-state index contributed by atoms with van der Waals surface area (Å²) in [6, 6.07) is 11.2. The van der Waals surface area contributed by atoms with E-state index in [4.69, 9.17) is 19.4 Å². The lowest BCUT2D eigenvalue weighted by atomic mass is 9.95. The van der Waals surface area contributed by atoms with Gasteiger partial charge in [-0.05, 0) is 75.7 Å². The van der Waals surface area contributed by atoms with E-state index < -0.39 is 0 Å². The summed E-state index contributed by atoms with van der Waals surface area (Å²) in [7, 11) is 1.71. The fourth-order valence-corrected chi connectivity index (χ4v) is 8.16. The summed E-state index contributed by atoms with van der Waals surface area (Å²) in [6.07, 6.45) is 9.66. The average molecular weight is 571 g/mol. The summed E-state index contributed by atoms with van der Waals surface area (Å²) in [6.45, 7) is 5.13. The Labute approximate surface area is 245 Å². The van der Waals surface area contributed by atoms with E-state index >= 15 is 4.39 Å². The lowest BCUT2D eigenvalue weighted by Gasteiger charge is -2.34. The molecule has 2 N–H and O–H groups in total. The minimum absolute atomic E-state index is 0.0651. The van der Waals surface area contributed by atoms with Crippen molar-refractivity contribution in [2.45, 2.75) is 62.6 Å². The number of fused-ring (bicyclic) bond motifs is 5. The predicted molar refractivity (Wildman–Crippen MR) is 163 cm³/mol. The number of aromatic nitrogens is 3. The molecule has 220 valence electrons. The molecule has 2 bridgehead atoms. The maximum Gasteiger partial charge on any atom is 0.319 e. The number of piperazine rings is 1. The number of anilines is 1. The van der Waals surface area contributed by atoms with Crippen molar-refractivity contribution in [1.29, 1.82) is 0 Å². The van der Waals surface area contributed by atoms with Crippen molar-refractivity contribution in [3.8, 4) is 17.1 Å². The van der Waals surface area contributed by atoms with Gasteiger partial charge in [0.25, 0.3) is 0 Å². The van der Waals surface area contributed by atoms with Crippen molar-refractivity contribution in [2.24, 2.45) is 0 Å². The summed E-state index contributed by atoms with van der Waals surface area (Å²) in [5, 5.41) is 5.48. The van der Waals surface area contributed by atoms with Gasteiger partial charge in [-0.1, -0.05) is 18.2 Å². The molecule has 42 heavy (non-hydrogen) atoms. The van der Waals surface area contributed by atoms with Gasteiger partial charge in [0.05, 0.1) is 12.1 Å². The van der Waals surface area contributed by atoms with E-state index in [9.17, 15) is 0 Å². The number of halogens is 1. The van der Waals surface area contributed by atoms with Gasteiger partial charge in [-0.25, -0.2) is 4.39 Å². The molecule has 8 nitrogen and oxygen atoms in total. The quantitative estimate of drug-likeness (QED) is 0.307. The van der Waals surface area contributed by atoms with E-state index in [1.807, 2.05) is 30.5 Å². The zero-order valence-electron chi connectivity index (χ0n) is 24.3. The van der Waals surface area contributed by atoms with Crippen molar-refractivity contribution in [3.05, 3.63) is 47.9 Å². The molecule has 9 heteroatoms. The van der Waals surface area contributed by atoms with Crippen LogP contribution in [-0.2, 0) is 11.2 Å². The van der Waals surface area contributed by atoms with Crippen LogP contribution >= 0.6 is 0 Å². The highest BCUT2D eigenvalue weighted by Gasteiger charge is 2.45. The third-order valence-corrected chi connectivity index (χ3v) is 10.2. The monoisotopic (exact) mass is 570 g/mol. The summed E-state index contributed by atoms with van der Waals surface area (Å²) in [4.78, 5) is 18.0. The fraction of sp³-hybridized carbons (Fsp3) is 0.515. The molecule has 0 unspecified atom stereocenters. The van der Waals surface area contributed by atoms with Gasteiger partial charge in [-0.3, -0.25) is 4.90 Å². The zero-order valence-corrected chi connectivity index (χ0v) is 24.3. The Balaban J connectivity index is 1.23. The maximum atomic E-state index is 16.8. The van der Waals surface area contributed by atoms with Crippen LogP contribution in [0, 0.1) is 5.82 Å². The number of H-pyrrole nitrogens is 1. The highest BCUT2D eigenvalue weighted by Crippen LogP contribution is 2.41. The van der Waals surface area contributed by atoms with Crippen LogP contribution in [0.2, 0.25) is 0 Å². The third kappa shape index (κ3) is 4.36. The number of nitrogens with zero attached hydrogens (tertiary/aromatic N) is 4. The minimum Gasteiger partial charge on any atom is -0.461 e. The number of methoxy groups -OCH3 is 1. The Morgan fingerprint density at radius 2 is 1.83 bits per heavy atom. The van der Waals surface area contributed by atoms with Gasteiger partial charge in [-0.2, -0.15) is 9.97 Å². The van der Waals surface area contributed by atoms with Crippen LogP contribution in [0.25, 0.3) is 32.9 Å². The number of hydrogen-bond acceptors (Lipinski definition) is 7. The topological polar surface area (TPSA) is 78.5 Å². The molecule has 2 aromatic carbocycles. The normalized spacial score (nSPS) is 23.3. The van der Waals surface area contributed by atoms with Gasteiger partial charge in [0, 0.05) is 65.9 Å². The molecule has 0 aliphatic carbocycles. The van der Waals surface area contributed by atoms with Crippen molar-refractivity contribution in [3.63, 3.8) is 0 Å². The molecule has 8 rings (SSSR count). The smallest absolute Gasteiger partial charge is 0.319 e. The number of ether oxygens (including phenoxy) is 2. The second kappa shape index (κ2) is 10.5. The first kappa shape index (κ1) is 26.4. The minimum atomic E-state index is -0.330. The van der Waals surface area contributed by atoms with Crippen LogP contribution in [0.1, 0.15) is 44.1 Å². The van der Waals surface area contributed by atoms with Gasteiger partial charge in [0.2, 0.25) is 0 Å². The van der Waals surface area contributed by atoms with Gasteiger partial charge < -0.3 is 24.7 Å². The molecule has 2 aromatic heterocycles. The maximum absolute atomic E-state index is 16.8. The highest BCUT2D eigenvalue weighted by molar-refractivity contribution is 6.01. The Bertz CT molecular complexity index is 1620.